The molecule has 6 heteroatoms. The van der Waals surface area contributed by atoms with Gasteiger partial charge >= 0.3 is 6.09 Å². The number of nitrogens with zero attached hydrogens (tertiary/aromatic N) is 1. The number of carbonyl (C=O) groups is 1. The quantitative estimate of drug-likeness (QED) is 0.693. The van der Waals surface area contributed by atoms with E-state index in [1.165, 1.54) is 11.3 Å². The zero-order valence-electron chi connectivity index (χ0n) is 12.2. The largest absolute Gasteiger partial charge is 0.418 e. The van der Waals surface area contributed by atoms with Crippen LogP contribution in [-0.2, 0) is 0 Å². The lowest BCUT2D eigenvalue weighted by atomic mass is 10.1. The van der Waals surface area contributed by atoms with Crippen LogP contribution in [0.3, 0.4) is 0 Å². The van der Waals surface area contributed by atoms with E-state index in [0.29, 0.717) is 15.9 Å². The highest BCUT2D eigenvalue weighted by Gasteiger charge is 2.13. The summed E-state index contributed by atoms with van der Waals surface area (Å²) in [4.78, 5) is 17.4. The number of ether oxygens (including phenoxy) is 1. The molecule has 2 aromatic carbocycles. The highest BCUT2D eigenvalue weighted by Crippen LogP contribution is 2.31. The van der Waals surface area contributed by atoms with E-state index in [4.69, 9.17) is 16.3 Å². The summed E-state index contributed by atoms with van der Waals surface area (Å²) < 4.78 is 5.19. The van der Waals surface area contributed by atoms with Gasteiger partial charge in [0, 0.05) is 15.5 Å². The normalized spacial score (nSPS) is 10.3. The minimum atomic E-state index is -0.562. The number of hydrogen-bond donors (Lipinski definition) is 1. The number of aromatic nitrogens is 1. The van der Waals surface area contributed by atoms with Gasteiger partial charge in [-0.3, -0.25) is 5.32 Å². The summed E-state index contributed by atoms with van der Waals surface area (Å²) in [5.74, 6) is 0.483. The van der Waals surface area contributed by atoms with Crippen LogP contribution in [0, 0.1) is 6.92 Å². The maximum atomic E-state index is 11.9. The Morgan fingerprint density at radius 1 is 1.13 bits per heavy atom. The van der Waals surface area contributed by atoms with E-state index >= 15 is 0 Å². The van der Waals surface area contributed by atoms with Gasteiger partial charge in [-0.2, -0.15) is 0 Å². The van der Waals surface area contributed by atoms with Crippen LogP contribution in [0.2, 0.25) is 5.02 Å². The number of anilines is 1. The second-order valence-electron chi connectivity index (χ2n) is 4.76. The molecular formula is C17H13ClN2O2S. The Kier molecular flexibility index (Phi) is 4.60. The first-order valence-electron chi connectivity index (χ1n) is 6.89. The van der Waals surface area contributed by atoms with Crippen LogP contribution in [0.4, 0.5) is 9.93 Å². The third-order valence-corrected chi connectivity index (χ3v) is 4.22. The maximum Gasteiger partial charge on any atom is 0.418 e. The van der Waals surface area contributed by atoms with Gasteiger partial charge in [0.05, 0.1) is 5.69 Å². The van der Waals surface area contributed by atoms with Crippen LogP contribution in [-0.4, -0.2) is 11.1 Å². The molecule has 1 aromatic heterocycles. The fraction of sp³-hybridized carbons (Fsp3) is 0.0588. The number of benzene rings is 2. The van der Waals surface area contributed by atoms with Crippen LogP contribution in [0.15, 0.2) is 54.6 Å². The number of amides is 1. The fourth-order valence-electron chi connectivity index (χ4n) is 2.03. The number of carbonyl (C=O) groups excluding carboxylic acids is 1. The van der Waals surface area contributed by atoms with Crippen molar-refractivity contribution in [3.8, 4) is 17.0 Å². The molecule has 3 rings (SSSR count). The zero-order valence-corrected chi connectivity index (χ0v) is 13.8. The standard InChI is InChI=1S/C17H13ClN2O2S/c1-11-15(12-7-9-13(18)10-8-12)19-16(23-11)20-17(21)22-14-5-3-2-4-6-14/h2-10H,1H3,(H,19,20,21). The van der Waals surface area contributed by atoms with Gasteiger partial charge in [0.2, 0.25) is 0 Å². The smallest absolute Gasteiger partial charge is 0.410 e. The summed E-state index contributed by atoms with van der Waals surface area (Å²) in [6.45, 7) is 1.95. The van der Waals surface area contributed by atoms with Crippen molar-refractivity contribution in [3.05, 3.63) is 64.5 Å². The van der Waals surface area contributed by atoms with Crippen LogP contribution in [0.1, 0.15) is 4.88 Å². The minimum Gasteiger partial charge on any atom is -0.410 e. The molecule has 3 aromatic rings. The molecule has 116 valence electrons. The van der Waals surface area contributed by atoms with Crippen LogP contribution in [0.25, 0.3) is 11.3 Å². The van der Waals surface area contributed by atoms with Gasteiger partial charge in [0.25, 0.3) is 0 Å². The number of aryl methyl sites for hydroxylation is 1. The van der Waals surface area contributed by atoms with Crippen molar-refractivity contribution >= 4 is 34.2 Å². The van der Waals surface area contributed by atoms with Gasteiger partial charge in [-0.15, -0.1) is 11.3 Å². The molecule has 23 heavy (non-hydrogen) atoms. The summed E-state index contributed by atoms with van der Waals surface area (Å²) in [7, 11) is 0. The molecule has 0 bridgehead atoms. The number of rotatable bonds is 3. The molecule has 4 nitrogen and oxygen atoms in total. The summed E-state index contributed by atoms with van der Waals surface area (Å²) >= 11 is 7.29. The van der Waals surface area contributed by atoms with Gasteiger partial charge in [-0.25, -0.2) is 9.78 Å². The lowest BCUT2D eigenvalue weighted by Crippen LogP contribution is -2.16. The molecule has 1 amide bonds. The van der Waals surface area contributed by atoms with Crippen molar-refractivity contribution in [1.29, 1.82) is 0 Å². The van der Waals surface area contributed by atoms with Crippen molar-refractivity contribution in [1.82, 2.24) is 4.98 Å². The van der Waals surface area contributed by atoms with Crippen molar-refractivity contribution in [3.63, 3.8) is 0 Å². The zero-order chi connectivity index (χ0) is 16.2. The van der Waals surface area contributed by atoms with Gasteiger partial charge in [-0.1, -0.05) is 41.9 Å². The summed E-state index contributed by atoms with van der Waals surface area (Å²) in [6.07, 6.45) is -0.562. The molecule has 0 unspecified atom stereocenters. The molecule has 0 saturated carbocycles. The second-order valence-corrected chi connectivity index (χ2v) is 6.40. The highest BCUT2D eigenvalue weighted by atomic mass is 35.5. The summed E-state index contributed by atoms with van der Waals surface area (Å²) in [5, 5.41) is 3.82. The lowest BCUT2D eigenvalue weighted by molar-refractivity contribution is 0.215. The maximum absolute atomic E-state index is 11.9. The van der Waals surface area contributed by atoms with E-state index in [0.717, 1.165) is 16.1 Å². The number of para-hydroxylation sites is 1. The van der Waals surface area contributed by atoms with Crippen LogP contribution >= 0.6 is 22.9 Å². The Morgan fingerprint density at radius 2 is 1.83 bits per heavy atom. The molecule has 0 spiro atoms. The number of nitrogens with one attached hydrogen (secondary N) is 1. The Morgan fingerprint density at radius 3 is 2.52 bits per heavy atom. The Bertz CT molecular complexity index is 816. The SMILES string of the molecule is Cc1sc(NC(=O)Oc2ccccc2)nc1-c1ccc(Cl)cc1. The molecule has 1 heterocycles. The van der Waals surface area contributed by atoms with Crippen molar-refractivity contribution in [2.75, 3.05) is 5.32 Å². The number of hydrogen-bond acceptors (Lipinski definition) is 4. The van der Waals surface area contributed by atoms with Crippen molar-refractivity contribution in [2.45, 2.75) is 6.92 Å². The van der Waals surface area contributed by atoms with Gasteiger partial charge in [0.1, 0.15) is 5.75 Å². The van der Waals surface area contributed by atoms with Gasteiger partial charge in [-0.05, 0) is 31.2 Å². The van der Waals surface area contributed by atoms with Gasteiger partial charge in [0.15, 0.2) is 5.13 Å². The minimum absolute atomic E-state index is 0.483. The van der Waals surface area contributed by atoms with Gasteiger partial charge < -0.3 is 4.74 Å². The van der Waals surface area contributed by atoms with E-state index < -0.39 is 6.09 Å². The first-order valence-corrected chi connectivity index (χ1v) is 8.08. The van der Waals surface area contributed by atoms with Crippen LogP contribution < -0.4 is 10.1 Å². The Hall–Kier alpha value is -2.37. The van der Waals surface area contributed by atoms with E-state index in [9.17, 15) is 4.79 Å². The lowest BCUT2D eigenvalue weighted by Gasteiger charge is -2.03. The second kappa shape index (κ2) is 6.81. The molecular weight excluding hydrogens is 332 g/mol. The Balaban J connectivity index is 1.73. The molecule has 0 aliphatic heterocycles. The van der Waals surface area contributed by atoms with E-state index in [1.54, 1.807) is 24.3 Å². The molecule has 0 aliphatic carbocycles. The molecule has 0 aliphatic rings. The molecule has 0 atom stereocenters. The fourth-order valence-corrected chi connectivity index (χ4v) is 2.98. The number of thiazole rings is 1. The average molecular weight is 345 g/mol. The predicted octanol–water partition coefficient (Wildman–Crippen LogP) is 5.38. The summed E-state index contributed by atoms with van der Waals surface area (Å²) in [5.41, 5.74) is 1.77. The first-order chi connectivity index (χ1) is 11.1. The van der Waals surface area contributed by atoms with Crippen molar-refractivity contribution in [2.24, 2.45) is 0 Å². The van der Waals surface area contributed by atoms with Crippen LogP contribution in [0.5, 0.6) is 5.75 Å². The monoisotopic (exact) mass is 344 g/mol. The van der Waals surface area contributed by atoms with E-state index in [1.807, 2.05) is 37.3 Å². The van der Waals surface area contributed by atoms with E-state index in [2.05, 4.69) is 10.3 Å². The molecule has 0 fully saturated rings. The number of halogens is 1. The third-order valence-electron chi connectivity index (χ3n) is 3.08. The Labute approximate surface area is 142 Å². The van der Waals surface area contributed by atoms with E-state index in [-0.39, 0.29) is 0 Å². The predicted molar refractivity (Wildman–Crippen MR) is 93.4 cm³/mol. The molecule has 0 radical (unpaired) electrons. The first kappa shape index (κ1) is 15.5. The third kappa shape index (κ3) is 3.88. The summed E-state index contributed by atoms with van der Waals surface area (Å²) in [6, 6.07) is 16.3. The average Bonchev–Trinajstić information content (AvgIpc) is 2.89. The highest BCUT2D eigenvalue weighted by molar-refractivity contribution is 7.16. The molecule has 0 saturated heterocycles. The topological polar surface area (TPSA) is 51.2 Å². The van der Waals surface area contributed by atoms with Crippen molar-refractivity contribution < 1.29 is 9.53 Å². The molecule has 1 N–H and O–H groups in total.